The predicted molar refractivity (Wildman–Crippen MR) is 179 cm³/mol. The number of anilines is 3. The Kier molecular flexibility index (Phi) is 9.34. The number of aryl methyl sites for hydroxylation is 1. The van der Waals surface area contributed by atoms with Crippen LogP contribution in [0, 0.1) is 6.92 Å². The summed E-state index contributed by atoms with van der Waals surface area (Å²) in [5, 5.41) is 16.3. The number of alkyl halides is 3. The van der Waals surface area contributed by atoms with Gasteiger partial charge in [0.2, 0.25) is 17.6 Å². The minimum absolute atomic E-state index is 0.0181. The molecule has 21 heteroatoms. The van der Waals surface area contributed by atoms with Gasteiger partial charge in [0.05, 0.1) is 32.9 Å². The van der Waals surface area contributed by atoms with Crippen LogP contribution < -0.4 is 20.7 Å². The molecule has 2 aliphatic rings. The van der Waals surface area contributed by atoms with Crippen molar-refractivity contribution in [3.05, 3.63) is 62.5 Å². The minimum Gasteiger partial charge on any atom is -0.504 e. The largest absolute Gasteiger partial charge is 0.504 e. The number of hydrogen-bond donors (Lipinski definition) is 2. The van der Waals surface area contributed by atoms with Gasteiger partial charge < -0.3 is 29.7 Å². The Morgan fingerprint density at radius 2 is 1.78 bits per heavy atom. The molecule has 0 atom stereocenters. The van der Waals surface area contributed by atoms with E-state index in [0.29, 0.717) is 11.8 Å². The van der Waals surface area contributed by atoms with E-state index in [9.17, 15) is 41.1 Å². The maximum Gasteiger partial charge on any atom is 0.416 e. The topological polar surface area (TPSA) is 188 Å². The van der Waals surface area contributed by atoms with Crippen LogP contribution in [-0.2, 0) is 33.8 Å². The van der Waals surface area contributed by atoms with Crippen molar-refractivity contribution in [2.24, 2.45) is 0 Å². The molecule has 0 aliphatic carbocycles. The van der Waals surface area contributed by atoms with E-state index in [-0.39, 0.29) is 91.0 Å². The van der Waals surface area contributed by atoms with E-state index >= 15 is 0 Å². The molecule has 2 aliphatic heterocycles. The smallest absolute Gasteiger partial charge is 0.416 e. The number of carbonyl (C=O) groups is 2. The van der Waals surface area contributed by atoms with Gasteiger partial charge in [-0.1, -0.05) is 18.5 Å². The fraction of sp³-hybridized carbons (Fsp3) is 0.433. The highest BCUT2D eigenvalue weighted by Gasteiger charge is 2.38. The average Bonchev–Trinajstić information content (AvgIpc) is 3.47. The van der Waals surface area contributed by atoms with E-state index in [1.165, 1.54) is 15.8 Å². The number of hydrogen-bond acceptors (Lipinski definition) is 12. The fourth-order valence-electron chi connectivity index (χ4n) is 5.96. The lowest BCUT2D eigenvalue weighted by molar-refractivity contribution is -0.137. The van der Waals surface area contributed by atoms with Crippen LogP contribution in [0.4, 0.5) is 30.5 Å². The molecule has 2 amide bonds. The second-order valence-electron chi connectivity index (χ2n) is 12.2. The molecular weight excluding hydrogens is 721 g/mol. The summed E-state index contributed by atoms with van der Waals surface area (Å²) >= 11 is 6.08. The van der Waals surface area contributed by atoms with Gasteiger partial charge in [0, 0.05) is 45.5 Å². The zero-order chi connectivity index (χ0) is 37.0. The zero-order valence-electron chi connectivity index (χ0n) is 27.5. The molecule has 2 fully saturated rings. The van der Waals surface area contributed by atoms with Gasteiger partial charge in [-0.25, -0.2) is 18.4 Å². The molecule has 16 nitrogen and oxygen atoms in total. The highest BCUT2D eigenvalue weighted by Crippen LogP contribution is 2.34. The number of benzene rings is 1. The van der Waals surface area contributed by atoms with Gasteiger partial charge in [-0.3, -0.25) is 14.4 Å². The van der Waals surface area contributed by atoms with Crippen LogP contribution in [0.3, 0.4) is 0 Å². The summed E-state index contributed by atoms with van der Waals surface area (Å²) in [6.45, 7) is 3.72. The zero-order valence-corrected chi connectivity index (χ0v) is 29.0. The van der Waals surface area contributed by atoms with E-state index in [0.717, 1.165) is 22.9 Å². The van der Waals surface area contributed by atoms with Crippen molar-refractivity contribution in [1.82, 2.24) is 34.0 Å². The maximum atomic E-state index is 14.1. The van der Waals surface area contributed by atoms with Gasteiger partial charge in [-0.2, -0.15) is 22.7 Å². The van der Waals surface area contributed by atoms with Crippen molar-refractivity contribution in [3.63, 3.8) is 0 Å². The molecule has 5 heterocycles. The van der Waals surface area contributed by atoms with Crippen LogP contribution in [0.5, 0.6) is 5.75 Å². The van der Waals surface area contributed by atoms with Crippen LogP contribution in [-0.4, -0.2) is 110 Å². The number of aromatic hydroxyl groups is 1. The Morgan fingerprint density at radius 3 is 2.39 bits per heavy atom. The van der Waals surface area contributed by atoms with Crippen LogP contribution in [0.1, 0.15) is 34.4 Å². The Balaban J connectivity index is 1.34. The summed E-state index contributed by atoms with van der Waals surface area (Å²) in [6.07, 6.45) is -2.11. The molecule has 2 saturated heterocycles. The quantitative estimate of drug-likeness (QED) is 0.266. The van der Waals surface area contributed by atoms with E-state index in [1.807, 2.05) is 0 Å². The van der Waals surface area contributed by atoms with Gasteiger partial charge in [0.15, 0.2) is 21.3 Å². The first-order chi connectivity index (χ1) is 24.0. The Hall–Kier alpha value is -4.98. The first-order valence-corrected chi connectivity index (χ1v) is 18.0. The molecule has 51 heavy (non-hydrogen) atoms. The number of nitrogens with one attached hydrogen (secondary N) is 1. The second-order valence-corrected chi connectivity index (χ2v) is 14.9. The van der Waals surface area contributed by atoms with Crippen LogP contribution in [0.2, 0.25) is 5.02 Å². The van der Waals surface area contributed by atoms with Crippen molar-refractivity contribution in [2.45, 2.75) is 38.2 Å². The molecule has 3 aromatic heterocycles. The molecule has 2 N–H and O–H groups in total. The van der Waals surface area contributed by atoms with Gasteiger partial charge in [-0.05, 0) is 31.5 Å². The Labute approximate surface area is 293 Å². The summed E-state index contributed by atoms with van der Waals surface area (Å²) in [6, 6.07) is 2.52. The number of rotatable bonds is 8. The van der Waals surface area contributed by atoms with E-state index < -0.39 is 50.7 Å². The SMILES string of the molecule is CCc1c(N2CCN(C(=O)c3ncnc(C)c3O)CC2)c(=O)n2nc(N3CC(S(C)(=O)=O)C3)nc2n1CC(=O)Nc1ccc(C(F)(F)F)cc1Cl. The lowest BCUT2D eigenvalue weighted by atomic mass is 10.2. The Morgan fingerprint density at radius 1 is 1.10 bits per heavy atom. The van der Waals surface area contributed by atoms with Gasteiger partial charge in [0.1, 0.15) is 18.6 Å². The van der Waals surface area contributed by atoms with Crippen molar-refractivity contribution >= 4 is 56.4 Å². The Bertz CT molecular complexity index is 2210. The van der Waals surface area contributed by atoms with Crippen molar-refractivity contribution in [1.29, 1.82) is 0 Å². The fourth-order valence-corrected chi connectivity index (χ4v) is 7.09. The van der Waals surface area contributed by atoms with Crippen molar-refractivity contribution in [2.75, 3.05) is 60.6 Å². The lowest BCUT2D eigenvalue weighted by Crippen LogP contribution is -2.55. The number of fused-ring (bicyclic) bond motifs is 1. The molecule has 0 unspecified atom stereocenters. The molecule has 0 spiro atoms. The number of nitrogens with zero attached hydrogens (tertiary/aromatic N) is 9. The minimum atomic E-state index is -4.64. The summed E-state index contributed by atoms with van der Waals surface area (Å²) in [7, 11) is -3.33. The normalized spacial score (nSPS) is 15.7. The first-order valence-electron chi connectivity index (χ1n) is 15.7. The van der Waals surface area contributed by atoms with Crippen molar-refractivity contribution in [3.8, 4) is 5.75 Å². The number of sulfone groups is 1. The monoisotopic (exact) mass is 752 g/mol. The van der Waals surface area contributed by atoms with E-state index in [1.54, 1.807) is 23.6 Å². The van der Waals surface area contributed by atoms with Gasteiger partial charge in [0.25, 0.3) is 11.5 Å². The summed E-state index contributed by atoms with van der Waals surface area (Å²) < 4.78 is 66.1. The lowest BCUT2D eigenvalue weighted by Gasteiger charge is -2.36. The summed E-state index contributed by atoms with van der Waals surface area (Å²) in [5.74, 6) is -1.47. The van der Waals surface area contributed by atoms with Gasteiger partial charge >= 0.3 is 6.18 Å². The molecule has 6 rings (SSSR count). The molecule has 0 bridgehead atoms. The molecule has 4 aromatic rings. The highest BCUT2D eigenvalue weighted by molar-refractivity contribution is 7.91. The maximum absolute atomic E-state index is 14.1. The molecule has 272 valence electrons. The third-order valence-corrected chi connectivity index (χ3v) is 10.7. The standard InChI is InChI=1S/C30H32ClF3N10O6S/c1-4-21-24(40-7-9-41(10-8-40)26(47)23-25(46)16(2)35-15-36-23)27(48)44-29(38-28(39-44)42-12-18(13-42)51(3,49)50)43(21)14-22(45)37-20-6-5-17(11-19(20)31)30(32,33)34/h5-6,11,15,18,46H,4,7-10,12-14H2,1-3H3,(H,37,45). The summed E-state index contributed by atoms with van der Waals surface area (Å²) in [4.78, 5) is 57.9. The highest BCUT2D eigenvalue weighted by atomic mass is 35.5. The van der Waals surface area contributed by atoms with Crippen molar-refractivity contribution < 1.29 is 36.3 Å². The third-order valence-electron chi connectivity index (χ3n) is 8.85. The molecule has 0 saturated carbocycles. The van der Waals surface area contributed by atoms with Crippen LogP contribution in [0.25, 0.3) is 5.78 Å². The number of piperazine rings is 1. The van der Waals surface area contributed by atoms with Crippen LogP contribution in [0.15, 0.2) is 29.3 Å². The predicted octanol–water partition coefficient (Wildman–Crippen LogP) is 1.76. The van der Waals surface area contributed by atoms with E-state index in [2.05, 4.69) is 25.4 Å². The van der Waals surface area contributed by atoms with E-state index in [4.69, 9.17) is 11.6 Å². The van der Waals surface area contributed by atoms with Gasteiger partial charge in [-0.15, -0.1) is 5.10 Å². The molecule has 1 aromatic carbocycles. The van der Waals surface area contributed by atoms with Crippen LogP contribution >= 0.6 is 11.6 Å². The number of aromatic nitrogens is 6. The average molecular weight is 753 g/mol. The first kappa shape index (κ1) is 35.8. The molecule has 0 radical (unpaired) electrons. The number of carbonyl (C=O) groups excluding carboxylic acids is 2. The second kappa shape index (κ2) is 13.3. The number of halogens is 4. The number of amides is 2. The molecular formula is C30H32ClF3N10O6S. The third kappa shape index (κ3) is 6.88. The summed E-state index contributed by atoms with van der Waals surface area (Å²) in [5.41, 5.74) is -0.940.